The molecule has 1 aromatic heterocycles. The predicted octanol–water partition coefficient (Wildman–Crippen LogP) is 0.611. The van der Waals surface area contributed by atoms with E-state index in [4.69, 9.17) is 9.84 Å². The van der Waals surface area contributed by atoms with E-state index in [1.165, 1.54) is 0 Å². The van der Waals surface area contributed by atoms with E-state index in [2.05, 4.69) is 4.98 Å². The Labute approximate surface area is 113 Å². The van der Waals surface area contributed by atoms with E-state index < -0.39 is 0 Å². The van der Waals surface area contributed by atoms with E-state index in [1.54, 1.807) is 19.4 Å². The smallest absolute Gasteiger partial charge is 0.223 e. The molecule has 19 heavy (non-hydrogen) atoms. The fourth-order valence-corrected chi connectivity index (χ4v) is 2.44. The zero-order chi connectivity index (χ0) is 13.7. The van der Waals surface area contributed by atoms with Crippen LogP contribution < -0.4 is 0 Å². The number of aliphatic hydroxyl groups is 1. The molecule has 2 rings (SSSR count). The van der Waals surface area contributed by atoms with Gasteiger partial charge in [0.2, 0.25) is 5.91 Å². The van der Waals surface area contributed by atoms with Crippen LogP contribution in [0.15, 0.2) is 18.3 Å². The van der Waals surface area contributed by atoms with Gasteiger partial charge in [0, 0.05) is 38.5 Å². The summed E-state index contributed by atoms with van der Waals surface area (Å²) >= 11 is 0. The van der Waals surface area contributed by atoms with Crippen molar-refractivity contribution in [1.29, 1.82) is 0 Å². The van der Waals surface area contributed by atoms with Crippen LogP contribution in [-0.2, 0) is 22.6 Å². The van der Waals surface area contributed by atoms with Gasteiger partial charge >= 0.3 is 0 Å². The number of methoxy groups -OCH3 is 1. The number of hydrogen-bond donors (Lipinski definition) is 1. The highest BCUT2D eigenvalue weighted by molar-refractivity contribution is 5.78. The first-order valence-corrected chi connectivity index (χ1v) is 6.54. The Morgan fingerprint density at radius 1 is 1.58 bits per heavy atom. The SMILES string of the molecule is COCCN1CC(Cc2cc(CO)ccn2)CC1=O. The molecule has 1 aliphatic rings. The fourth-order valence-electron chi connectivity index (χ4n) is 2.44. The second-order valence-corrected chi connectivity index (χ2v) is 4.92. The topological polar surface area (TPSA) is 62.7 Å². The maximum atomic E-state index is 11.8. The highest BCUT2D eigenvalue weighted by atomic mass is 16.5. The molecular weight excluding hydrogens is 244 g/mol. The molecule has 104 valence electrons. The number of pyridine rings is 1. The number of rotatable bonds is 6. The third-order valence-corrected chi connectivity index (χ3v) is 3.42. The van der Waals surface area contributed by atoms with Crippen molar-refractivity contribution in [1.82, 2.24) is 9.88 Å². The molecule has 1 saturated heterocycles. The first-order valence-electron chi connectivity index (χ1n) is 6.54. The minimum absolute atomic E-state index is 0.0269. The molecule has 5 nitrogen and oxygen atoms in total. The van der Waals surface area contributed by atoms with Gasteiger partial charge in [-0.25, -0.2) is 0 Å². The molecule has 1 N–H and O–H groups in total. The van der Waals surface area contributed by atoms with Crippen LogP contribution in [0, 0.1) is 5.92 Å². The molecule has 1 atom stereocenters. The van der Waals surface area contributed by atoms with Crippen molar-refractivity contribution in [2.45, 2.75) is 19.4 Å². The van der Waals surface area contributed by atoms with Gasteiger partial charge in [-0.15, -0.1) is 0 Å². The number of hydrogen-bond acceptors (Lipinski definition) is 4. The van der Waals surface area contributed by atoms with Crippen molar-refractivity contribution in [3.8, 4) is 0 Å². The highest BCUT2D eigenvalue weighted by Crippen LogP contribution is 2.21. The molecule has 0 bridgehead atoms. The number of nitrogens with zero attached hydrogens (tertiary/aromatic N) is 2. The Kier molecular flexibility index (Phi) is 4.87. The number of ether oxygens (including phenoxy) is 1. The van der Waals surface area contributed by atoms with Crippen LogP contribution >= 0.6 is 0 Å². The quantitative estimate of drug-likeness (QED) is 0.818. The lowest BCUT2D eigenvalue weighted by Crippen LogP contribution is -2.28. The maximum absolute atomic E-state index is 11.8. The molecule has 0 radical (unpaired) electrons. The average molecular weight is 264 g/mol. The minimum Gasteiger partial charge on any atom is -0.392 e. The summed E-state index contributed by atoms with van der Waals surface area (Å²) in [6.07, 6.45) is 3.07. The van der Waals surface area contributed by atoms with E-state index >= 15 is 0 Å². The third-order valence-electron chi connectivity index (χ3n) is 3.42. The van der Waals surface area contributed by atoms with Gasteiger partial charge in [-0.1, -0.05) is 0 Å². The summed E-state index contributed by atoms with van der Waals surface area (Å²) in [6.45, 7) is 2.04. The summed E-state index contributed by atoms with van der Waals surface area (Å²) in [5, 5.41) is 9.10. The molecule has 0 saturated carbocycles. The van der Waals surface area contributed by atoms with E-state index in [9.17, 15) is 4.79 Å². The molecule has 0 aliphatic carbocycles. The summed E-state index contributed by atoms with van der Waals surface area (Å²) < 4.78 is 5.00. The zero-order valence-electron chi connectivity index (χ0n) is 11.2. The summed E-state index contributed by atoms with van der Waals surface area (Å²) in [5.41, 5.74) is 1.81. The molecule has 1 aliphatic heterocycles. The second kappa shape index (κ2) is 6.63. The van der Waals surface area contributed by atoms with Crippen LogP contribution in [0.25, 0.3) is 0 Å². The molecule has 0 aromatic carbocycles. The monoisotopic (exact) mass is 264 g/mol. The fraction of sp³-hybridized carbons (Fsp3) is 0.571. The number of aliphatic hydroxyl groups excluding tert-OH is 1. The van der Waals surface area contributed by atoms with Gasteiger partial charge in [0.15, 0.2) is 0 Å². The van der Waals surface area contributed by atoms with Gasteiger partial charge in [0.05, 0.1) is 13.2 Å². The Morgan fingerprint density at radius 3 is 3.16 bits per heavy atom. The summed E-state index contributed by atoms with van der Waals surface area (Å²) in [6, 6.07) is 3.70. The highest BCUT2D eigenvalue weighted by Gasteiger charge is 2.29. The Morgan fingerprint density at radius 2 is 2.42 bits per heavy atom. The van der Waals surface area contributed by atoms with Crippen molar-refractivity contribution in [2.75, 3.05) is 26.8 Å². The van der Waals surface area contributed by atoms with Gasteiger partial charge in [0.1, 0.15) is 0 Å². The van der Waals surface area contributed by atoms with Crippen LogP contribution in [0.4, 0.5) is 0 Å². The third kappa shape index (κ3) is 3.75. The van der Waals surface area contributed by atoms with Gasteiger partial charge in [0.25, 0.3) is 0 Å². The molecular formula is C14H20N2O3. The van der Waals surface area contributed by atoms with Crippen molar-refractivity contribution >= 4 is 5.91 Å². The second-order valence-electron chi connectivity index (χ2n) is 4.92. The minimum atomic E-state index is 0.0269. The number of likely N-dealkylation sites (tertiary alicyclic amines) is 1. The number of carbonyl (C=O) groups excluding carboxylic acids is 1. The van der Waals surface area contributed by atoms with Gasteiger partial charge in [-0.3, -0.25) is 9.78 Å². The van der Waals surface area contributed by atoms with E-state index in [0.29, 0.717) is 25.5 Å². The van der Waals surface area contributed by atoms with Crippen LogP contribution in [0.1, 0.15) is 17.7 Å². The van der Waals surface area contributed by atoms with Crippen molar-refractivity contribution < 1.29 is 14.6 Å². The van der Waals surface area contributed by atoms with Gasteiger partial charge < -0.3 is 14.7 Å². The van der Waals surface area contributed by atoms with Gasteiger partial charge in [-0.2, -0.15) is 0 Å². The Bertz CT molecular complexity index is 436. The lowest BCUT2D eigenvalue weighted by Gasteiger charge is -2.15. The molecule has 2 heterocycles. The van der Waals surface area contributed by atoms with E-state index in [1.807, 2.05) is 11.0 Å². The molecule has 1 fully saturated rings. The standard InChI is InChI=1S/C14H20N2O3/c1-19-5-4-16-9-12(8-14(16)18)7-13-6-11(10-17)2-3-15-13/h2-3,6,12,17H,4-5,7-10H2,1H3. The van der Waals surface area contributed by atoms with E-state index in [-0.39, 0.29) is 12.5 Å². The number of carbonyl (C=O) groups is 1. The lowest BCUT2D eigenvalue weighted by atomic mass is 10.0. The summed E-state index contributed by atoms with van der Waals surface area (Å²) in [5.74, 6) is 0.506. The first-order chi connectivity index (χ1) is 9.22. The van der Waals surface area contributed by atoms with Crippen LogP contribution in [0.2, 0.25) is 0 Å². The van der Waals surface area contributed by atoms with Crippen molar-refractivity contribution in [3.63, 3.8) is 0 Å². The van der Waals surface area contributed by atoms with Gasteiger partial charge in [-0.05, 0) is 30.0 Å². The Hall–Kier alpha value is -1.46. The summed E-state index contributed by atoms with van der Waals surface area (Å²) in [4.78, 5) is 18.0. The van der Waals surface area contributed by atoms with Crippen LogP contribution in [-0.4, -0.2) is 47.7 Å². The molecule has 5 heteroatoms. The van der Waals surface area contributed by atoms with Crippen LogP contribution in [0.5, 0.6) is 0 Å². The largest absolute Gasteiger partial charge is 0.392 e. The number of aromatic nitrogens is 1. The summed E-state index contributed by atoms with van der Waals surface area (Å²) in [7, 11) is 1.64. The maximum Gasteiger partial charge on any atom is 0.223 e. The van der Waals surface area contributed by atoms with Crippen LogP contribution in [0.3, 0.4) is 0 Å². The van der Waals surface area contributed by atoms with E-state index in [0.717, 1.165) is 24.2 Å². The van der Waals surface area contributed by atoms with Crippen molar-refractivity contribution in [3.05, 3.63) is 29.6 Å². The first kappa shape index (κ1) is 14.0. The molecule has 1 unspecified atom stereocenters. The lowest BCUT2D eigenvalue weighted by molar-refractivity contribution is -0.128. The molecule has 1 aromatic rings. The normalized spacial score (nSPS) is 19.2. The predicted molar refractivity (Wildman–Crippen MR) is 70.4 cm³/mol. The average Bonchev–Trinajstić information content (AvgIpc) is 2.76. The number of amides is 1. The zero-order valence-corrected chi connectivity index (χ0v) is 11.2. The Balaban J connectivity index is 1.91. The molecule has 1 amide bonds. The van der Waals surface area contributed by atoms with Crippen molar-refractivity contribution in [2.24, 2.45) is 5.92 Å². The molecule has 0 spiro atoms.